The molecule has 0 saturated heterocycles. The van der Waals surface area contributed by atoms with Crippen LogP contribution in [-0.4, -0.2) is 16.4 Å². The first-order valence-electron chi connectivity index (χ1n) is 14.7. The van der Waals surface area contributed by atoms with E-state index in [4.69, 9.17) is 0 Å². The zero-order valence-corrected chi connectivity index (χ0v) is 24.1. The molecule has 1 aliphatic rings. The summed E-state index contributed by atoms with van der Waals surface area (Å²) in [6, 6.07) is 40.3. The summed E-state index contributed by atoms with van der Waals surface area (Å²) >= 11 is 0. The summed E-state index contributed by atoms with van der Waals surface area (Å²) in [5, 5.41) is 1.54. The molecule has 2 heterocycles. The van der Waals surface area contributed by atoms with Gasteiger partial charge in [-0.25, -0.2) is 4.90 Å². The molecule has 1 aliphatic heterocycles. The van der Waals surface area contributed by atoms with E-state index >= 15 is 0 Å². The molecule has 7 aromatic rings. The van der Waals surface area contributed by atoms with Crippen molar-refractivity contribution >= 4 is 39.3 Å². The number of carbonyl (C=O) groups excluding carboxylic acids is 2. The Labute approximate surface area is 261 Å². The fourth-order valence-corrected chi connectivity index (χ4v) is 6.57. The average Bonchev–Trinajstić information content (AvgIpc) is 3.56. The maximum atomic E-state index is 14.3. The van der Waals surface area contributed by atoms with Gasteiger partial charge in [0.2, 0.25) is 0 Å². The van der Waals surface area contributed by atoms with Crippen LogP contribution in [-0.2, 0) is 6.18 Å². The average molecular weight is 609 g/mol. The number of rotatable bonds is 4. The SMILES string of the molecule is O=C1c2cccc(-n3c4ccccc4c4cccc(-c5ccccc5C(F)(F)F)c43)c2C(=O)N1c1ccc(-c2ccccc2)cc1. The van der Waals surface area contributed by atoms with Crippen molar-refractivity contribution < 1.29 is 22.8 Å². The second kappa shape index (κ2) is 10.3. The Bertz CT molecular complexity index is 2340. The molecular weight excluding hydrogens is 585 g/mol. The summed E-state index contributed by atoms with van der Waals surface area (Å²) in [6.45, 7) is 0. The van der Waals surface area contributed by atoms with E-state index < -0.39 is 23.6 Å². The van der Waals surface area contributed by atoms with Gasteiger partial charge < -0.3 is 4.57 Å². The number of hydrogen-bond acceptors (Lipinski definition) is 2. The molecule has 6 aromatic carbocycles. The van der Waals surface area contributed by atoms with E-state index in [1.165, 1.54) is 12.1 Å². The predicted molar refractivity (Wildman–Crippen MR) is 174 cm³/mol. The normalized spacial score (nSPS) is 13.2. The van der Waals surface area contributed by atoms with Crippen LogP contribution >= 0.6 is 0 Å². The molecule has 4 nitrogen and oxygen atoms in total. The lowest BCUT2D eigenvalue weighted by Crippen LogP contribution is -2.29. The molecule has 8 rings (SSSR count). The number of amides is 2. The van der Waals surface area contributed by atoms with Crippen LogP contribution in [0.3, 0.4) is 0 Å². The fraction of sp³-hybridized carbons (Fsp3) is 0.0256. The number of nitrogens with zero attached hydrogens (tertiary/aromatic N) is 2. The maximum absolute atomic E-state index is 14.3. The highest BCUT2D eigenvalue weighted by atomic mass is 19.4. The molecule has 0 radical (unpaired) electrons. The van der Waals surface area contributed by atoms with Gasteiger partial charge in [-0.15, -0.1) is 0 Å². The van der Waals surface area contributed by atoms with E-state index in [-0.39, 0.29) is 16.7 Å². The molecule has 1 aromatic heterocycles. The number of benzene rings is 6. The van der Waals surface area contributed by atoms with Gasteiger partial charge in [-0.2, -0.15) is 13.2 Å². The second-order valence-corrected chi connectivity index (χ2v) is 11.2. The van der Waals surface area contributed by atoms with E-state index in [1.807, 2.05) is 77.4 Å². The molecule has 0 unspecified atom stereocenters. The van der Waals surface area contributed by atoms with E-state index in [1.54, 1.807) is 48.5 Å². The van der Waals surface area contributed by atoms with Crippen LogP contribution in [0.15, 0.2) is 140 Å². The zero-order valence-electron chi connectivity index (χ0n) is 24.1. The van der Waals surface area contributed by atoms with Crippen LogP contribution in [0.25, 0.3) is 49.7 Å². The van der Waals surface area contributed by atoms with Crippen molar-refractivity contribution in [3.05, 3.63) is 156 Å². The molecule has 46 heavy (non-hydrogen) atoms. The number of imide groups is 1. The Kier molecular flexibility index (Phi) is 6.18. The van der Waals surface area contributed by atoms with Crippen molar-refractivity contribution in [3.63, 3.8) is 0 Å². The number of aromatic nitrogens is 1. The number of halogens is 3. The minimum Gasteiger partial charge on any atom is -0.308 e. The molecule has 0 fully saturated rings. The Morgan fingerprint density at radius 3 is 1.89 bits per heavy atom. The van der Waals surface area contributed by atoms with Gasteiger partial charge in [0.05, 0.1) is 39.1 Å². The molecule has 2 amide bonds. The lowest BCUT2D eigenvalue weighted by atomic mass is 9.97. The summed E-state index contributed by atoms with van der Waals surface area (Å²) in [7, 11) is 0. The van der Waals surface area contributed by atoms with Crippen molar-refractivity contribution in [1.82, 2.24) is 4.57 Å². The summed E-state index contributed by atoms with van der Waals surface area (Å²) in [5.41, 5.74) is 4.08. The third-order valence-corrected chi connectivity index (χ3v) is 8.58. The smallest absolute Gasteiger partial charge is 0.308 e. The number of alkyl halides is 3. The van der Waals surface area contributed by atoms with Crippen LogP contribution in [0.5, 0.6) is 0 Å². The van der Waals surface area contributed by atoms with Crippen molar-refractivity contribution in [2.75, 3.05) is 4.90 Å². The third kappa shape index (κ3) is 4.16. The van der Waals surface area contributed by atoms with Gasteiger partial charge in [-0.3, -0.25) is 9.59 Å². The molecule has 0 N–H and O–H groups in total. The molecular formula is C39H23F3N2O2. The van der Waals surface area contributed by atoms with Crippen LogP contribution in [0.2, 0.25) is 0 Å². The highest BCUT2D eigenvalue weighted by Crippen LogP contribution is 2.44. The van der Waals surface area contributed by atoms with Crippen LogP contribution in [0.4, 0.5) is 18.9 Å². The number of hydrogen-bond donors (Lipinski definition) is 0. The topological polar surface area (TPSA) is 42.3 Å². The first kappa shape index (κ1) is 27.6. The zero-order chi connectivity index (χ0) is 31.6. The van der Waals surface area contributed by atoms with Gasteiger partial charge in [0.15, 0.2) is 0 Å². The Balaban J connectivity index is 1.34. The molecule has 0 bridgehead atoms. The van der Waals surface area contributed by atoms with E-state index in [0.717, 1.165) is 32.9 Å². The predicted octanol–water partition coefficient (Wildman–Crippen LogP) is 9.94. The highest BCUT2D eigenvalue weighted by Gasteiger charge is 2.40. The minimum atomic E-state index is -4.58. The summed E-state index contributed by atoms with van der Waals surface area (Å²) in [6.07, 6.45) is -4.58. The van der Waals surface area contributed by atoms with Gasteiger partial charge in [0.25, 0.3) is 11.8 Å². The lowest BCUT2D eigenvalue weighted by Gasteiger charge is -2.17. The molecule has 0 spiro atoms. The molecule has 0 aliphatic carbocycles. The lowest BCUT2D eigenvalue weighted by molar-refractivity contribution is -0.137. The molecule has 7 heteroatoms. The summed E-state index contributed by atoms with van der Waals surface area (Å²) in [5.74, 6) is -0.958. The fourth-order valence-electron chi connectivity index (χ4n) is 6.57. The van der Waals surface area contributed by atoms with Crippen molar-refractivity contribution in [2.24, 2.45) is 0 Å². The molecule has 222 valence electrons. The largest absolute Gasteiger partial charge is 0.417 e. The first-order chi connectivity index (χ1) is 22.3. The number of carbonyl (C=O) groups is 2. The first-order valence-corrected chi connectivity index (χ1v) is 14.7. The van der Waals surface area contributed by atoms with Crippen LogP contribution < -0.4 is 4.90 Å². The number of para-hydroxylation sites is 2. The monoisotopic (exact) mass is 608 g/mol. The Morgan fingerprint density at radius 1 is 0.500 bits per heavy atom. The standard InChI is InChI=1S/C39H23F3N2O2/c40-39(41,42)32-17-6-4-12-27(32)29-14-8-15-30-28-13-5-7-18-33(28)44(36(29)30)34-19-9-16-31-35(34)38(46)43(37(31)45)26-22-20-25(21-23-26)24-10-2-1-3-11-24/h1-23H. The van der Waals surface area contributed by atoms with Crippen molar-refractivity contribution in [2.45, 2.75) is 6.18 Å². The molecule has 0 atom stereocenters. The third-order valence-electron chi connectivity index (χ3n) is 8.58. The van der Waals surface area contributed by atoms with Gasteiger partial charge in [-0.1, -0.05) is 103 Å². The van der Waals surface area contributed by atoms with Gasteiger partial charge in [-0.05, 0) is 53.1 Å². The van der Waals surface area contributed by atoms with E-state index in [9.17, 15) is 22.8 Å². The minimum absolute atomic E-state index is 0.0276. The summed E-state index contributed by atoms with van der Waals surface area (Å²) in [4.78, 5) is 29.2. The molecule has 0 saturated carbocycles. The van der Waals surface area contributed by atoms with Gasteiger partial charge in [0, 0.05) is 16.3 Å². The van der Waals surface area contributed by atoms with Gasteiger partial charge >= 0.3 is 6.18 Å². The van der Waals surface area contributed by atoms with Crippen molar-refractivity contribution in [3.8, 4) is 27.9 Å². The number of fused-ring (bicyclic) bond motifs is 4. The highest BCUT2D eigenvalue weighted by molar-refractivity contribution is 6.36. The maximum Gasteiger partial charge on any atom is 0.417 e. The second-order valence-electron chi connectivity index (χ2n) is 11.2. The quantitative estimate of drug-likeness (QED) is 0.187. The van der Waals surface area contributed by atoms with Crippen LogP contribution in [0, 0.1) is 0 Å². The van der Waals surface area contributed by atoms with Crippen molar-refractivity contribution in [1.29, 1.82) is 0 Å². The van der Waals surface area contributed by atoms with Gasteiger partial charge in [0.1, 0.15) is 0 Å². The van der Waals surface area contributed by atoms with Crippen LogP contribution in [0.1, 0.15) is 26.3 Å². The Morgan fingerprint density at radius 2 is 1.11 bits per heavy atom. The van der Waals surface area contributed by atoms with E-state index in [2.05, 4.69) is 0 Å². The van der Waals surface area contributed by atoms with E-state index in [0.29, 0.717) is 28.0 Å². The summed E-state index contributed by atoms with van der Waals surface area (Å²) < 4.78 is 44.6. The number of anilines is 1. The Hall–Kier alpha value is -5.95.